The zero-order valence-electron chi connectivity index (χ0n) is 15.6. The Hall–Kier alpha value is -3.41. The number of pyridine rings is 2. The average molecular weight is 373 g/mol. The van der Waals surface area contributed by atoms with Crippen LogP contribution in [0.3, 0.4) is 0 Å². The summed E-state index contributed by atoms with van der Waals surface area (Å²) in [4.78, 5) is 23.4. The van der Waals surface area contributed by atoms with E-state index < -0.39 is 0 Å². The van der Waals surface area contributed by atoms with Crippen molar-refractivity contribution in [2.24, 2.45) is 0 Å². The molecule has 2 N–H and O–H groups in total. The van der Waals surface area contributed by atoms with Crippen LogP contribution in [0.1, 0.15) is 29.0 Å². The Labute approximate surface area is 164 Å². The van der Waals surface area contributed by atoms with Gasteiger partial charge in [0.15, 0.2) is 0 Å². The van der Waals surface area contributed by atoms with Gasteiger partial charge in [-0.1, -0.05) is 6.07 Å². The molecule has 142 valence electrons. The highest BCUT2D eigenvalue weighted by atomic mass is 16.1. The first-order chi connectivity index (χ1) is 13.8. The predicted molar refractivity (Wildman–Crippen MR) is 112 cm³/mol. The molecular formula is C22H23N5O. The summed E-state index contributed by atoms with van der Waals surface area (Å²) in [5.41, 5.74) is 4.10. The monoisotopic (exact) mass is 373 g/mol. The molecule has 1 amide bonds. The Morgan fingerprint density at radius 3 is 2.50 bits per heavy atom. The van der Waals surface area contributed by atoms with Crippen molar-refractivity contribution in [2.45, 2.75) is 19.4 Å². The first-order valence-electron chi connectivity index (χ1n) is 9.54. The van der Waals surface area contributed by atoms with E-state index in [-0.39, 0.29) is 5.91 Å². The molecule has 28 heavy (non-hydrogen) atoms. The first-order valence-corrected chi connectivity index (χ1v) is 9.54. The normalized spacial score (nSPS) is 13.4. The first kappa shape index (κ1) is 18.0. The van der Waals surface area contributed by atoms with E-state index in [4.69, 9.17) is 0 Å². The van der Waals surface area contributed by atoms with Gasteiger partial charge in [-0.2, -0.15) is 0 Å². The lowest BCUT2D eigenvalue weighted by molar-refractivity contribution is 0.102. The van der Waals surface area contributed by atoms with Gasteiger partial charge in [0.1, 0.15) is 5.69 Å². The minimum Gasteiger partial charge on any atom is -0.379 e. The molecule has 1 aromatic carbocycles. The molecule has 4 rings (SSSR count). The van der Waals surface area contributed by atoms with Gasteiger partial charge < -0.3 is 15.5 Å². The summed E-state index contributed by atoms with van der Waals surface area (Å²) in [5.74, 6) is -0.226. The molecule has 0 aliphatic carbocycles. The SMILES string of the molecule is O=C(Nc1ccc(N2CCCC2)cc1)c1cc(NCc2ccccn2)ccn1. The number of benzene rings is 1. The Morgan fingerprint density at radius 1 is 0.929 bits per heavy atom. The number of hydrogen-bond acceptors (Lipinski definition) is 5. The molecule has 3 heterocycles. The van der Waals surface area contributed by atoms with E-state index in [0.717, 1.165) is 30.2 Å². The van der Waals surface area contributed by atoms with Crippen LogP contribution in [0.15, 0.2) is 67.0 Å². The zero-order chi connectivity index (χ0) is 19.2. The number of carbonyl (C=O) groups excluding carboxylic acids is 1. The third-order valence-electron chi connectivity index (χ3n) is 4.79. The summed E-state index contributed by atoms with van der Waals surface area (Å²) >= 11 is 0. The number of rotatable bonds is 6. The quantitative estimate of drug-likeness (QED) is 0.685. The van der Waals surface area contributed by atoms with Gasteiger partial charge in [-0.25, -0.2) is 0 Å². The molecule has 3 aromatic rings. The highest BCUT2D eigenvalue weighted by Gasteiger charge is 2.13. The molecule has 0 atom stereocenters. The second-order valence-electron chi connectivity index (χ2n) is 6.80. The Bertz CT molecular complexity index is 921. The maximum atomic E-state index is 12.6. The van der Waals surface area contributed by atoms with Gasteiger partial charge in [-0.3, -0.25) is 14.8 Å². The molecule has 2 aromatic heterocycles. The van der Waals surface area contributed by atoms with Gasteiger partial charge in [-0.05, 0) is 61.4 Å². The standard InChI is InChI=1S/C22H23N5O/c28-22(26-17-6-8-20(9-7-17)27-13-3-4-14-27)21-15-18(10-12-24-21)25-16-19-5-1-2-11-23-19/h1-2,5-12,15H,3-4,13-14,16H2,(H,24,25)(H,26,28). The van der Waals surface area contributed by atoms with Crippen LogP contribution in [-0.4, -0.2) is 29.0 Å². The number of amides is 1. The Balaban J connectivity index is 1.37. The second kappa shape index (κ2) is 8.52. The summed E-state index contributed by atoms with van der Waals surface area (Å²) in [6, 6.07) is 17.4. The van der Waals surface area contributed by atoms with Crippen molar-refractivity contribution in [3.63, 3.8) is 0 Å². The van der Waals surface area contributed by atoms with Crippen LogP contribution in [0.4, 0.5) is 17.1 Å². The van der Waals surface area contributed by atoms with Crippen molar-refractivity contribution >= 4 is 23.0 Å². The molecule has 0 saturated carbocycles. The molecule has 0 bridgehead atoms. The average Bonchev–Trinajstić information content (AvgIpc) is 3.29. The van der Waals surface area contributed by atoms with E-state index in [2.05, 4.69) is 37.6 Å². The van der Waals surface area contributed by atoms with Gasteiger partial charge in [0.2, 0.25) is 0 Å². The van der Waals surface area contributed by atoms with Gasteiger partial charge >= 0.3 is 0 Å². The number of anilines is 3. The number of carbonyl (C=O) groups is 1. The van der Waals surface area contributed by atoms with Crippen molar-refractivity contribution < 1.29 is 4.79 Å². The molecule has 1 aliphatic rings. The minimum atomic E-state index is -0.226. The highest BCUT2D eigenvalue weighted by Crippen LogP contribution is 2.22. The summed E-state index contributed by atoms with van der Waals surface area (Å²) < 4.78 is 0. The second-order valence-corrected chi connectivity index (χ2v) is 6.80. The summed E-state index contributed by atoms with van der Waals surface area (Å²) in [5, 5.41) is 6.19. The van der Waals surface area contributed by atoms with E-state index >= 15 is 0 Å². The van der Waals surface area contributed by atoms with Crippen LogP contribution in [0, 0.1) is 0 Å². The van der Waals surface area contributed by atoms with Crippen molar-refractivity contribution in [1.29, 1.82) is 0 Å². The van der Waals surface area contributed by atoms with Crippen LogP contribution in [0.25, 0.3) is 0 Å². The Kier molecular flexibility index (Phi) is 5.47. The van der Waals surface area contributed by atoms with Gasteiger partial charge in [0.25, 0.3) is 5.91 Å². The molecule has 0 unspecified atom stereocenters. The maximum Gasteiger partial charge on any atom is 0.274 e. The van der Waals surface area contributed by atoms with Crippen LogP contribution in [-0.2, 0) is 6.54 Å². The fraction of sp³-hybridized carbons (Fsp3) is 0.227. The van der Waals surface area contributed by atoms with Crippen LogP contribution >= 0.6 is 0 Å². The highest BCUT2D eigenvalue weighted by molar-refractivity contribution is 6.03. The van der Waals surface area contributed by atoms with E-state index in [1.165, 1.54) is 18.5 Å². The molecule has 0 radical (unpaired) electrons. The van der Waals surface area contributed by atoms with Crippen molar-refractivity contribution in [3.05, 3.63) is 78.4 Å². The summed E-state index contributed by atoms with van der Waals surface area (Å²) in [7, 11) is 0. The maximum absolute atomic E-state index is 12.6. The number of nitrogens with zero attached hydrogens (tertiary/aromatic N) is 3. The van der Waals surface area contributed by atoms with Gasteiger partial charge in [0.05, 0.1) is 12.2 Å². The van der Waals surface area contributed by atoms with E-state index in [0.29, 0.717) is 12.2 Å². The van der Waals surface area contributed by atoms with Crippen molar-refractivity contribution in [1.82, 2.24) is 9.97 Å². The Morgan fingerprint density at radius 2 is 1.75 bits per heavy atom. The summed E-state index contributed by atoms with van der Waals surface area (Å²) in [6.07, 6.45) is 5.88. The van der Waals surface area contributed by atoms with E-state index in [1.807, 2.05) is 36.4 Å². The summed E-state index contributed by atoms with van der Waals surface area (Å²) in [6.45, 7) is 2.80. The predicted octanol–water partition coefficient (Wildman–Crippen LogP) is 3.94. The van der Waals surface area contributed by atoms with Crippen molar-refractivity contribution in [3.8, 4) is 0 Å². The van der Waals surface area contributed by atoms with Gasteiger partial charge in [-0.15, -0.1) is 0 Å². The molecule has 1 fully saturated rings. The zero-order valence-corrected chi connectivity index (χ0v) is 15.6. The molecule has 0 spiro atoms. The molecule has 1 aliphatic heterocycles. The van der Waals surface area contributed by atoms with Crippen molar-refractivity contribution in [2.75, 3.05) is 28.6 Å². The smallest absolute Gasteiger partial charge is 0.274 e. The van der Waals surface area contributed by atoms with Crippen LogP contribution in [0.5, 0.6) is 0 Å². The lowest BCUT2D eigenvalue weighted by Crippen LogP contribution is -2.17. The lowest BCUT2D eigenvalue weighted by Gasteiger charge is -2.17. The van der Waals surface area contributed by atoms with E-state index in [1.54, 1.807) is 18.5 Å². The van der Waals surface area contributed by atoms with E-state index in [9.17, 15) is 4.79 Å². The molecule has 6 nitrogen and oxygen atoms in total. The fourth-order valence-corrected chi connectivity index (χ4v) is 3.29. The minimum absolute atomic E-state index is 0.226. The van der Waals surface area contributed by atoms with Crippen LogP contribution in [0.2, 0.25) is 0 Å². The molecular weight excluding hydrogens is 350 g/mol. The third kappa shape index (κ3) is 4.46. The largest absolute Gasteiger partial charge is 0.379 e. The van der Waals surface area contributed by atoms with Gasteiger partial charge in [0, 0.05) is 42.5 Å². The number of nitrogens with one attached hydrogen (secondary N) is 2. The fourth-order valence-electron chi connectivity index (χ4n) is 3.29. The third-order valence-corrected chi connectivity index (χ3v) is 4.79. The molecule has 6 heteroatoms. The topological polar surface area (TPSA) is 70.2 Å². The van der Waals surface area contributed by atoms with Crippen LogP contribution < -0.4 is 15.5 Å². The number of aromatic nitrogens is 2. The number of hydrogen-bond donors (Lipinski definition) is 2. The molecule has 1 saturated heterocycles. The lowest BCUT2D eigenvalue weighted by atomic mass is 10.2.